The summed E-state index contributed by atoms with van der Waals surface area (Å²) in [4.78, 5) is 20.9. The number of nitrogens with zero attached hydrogens (tertiary/aromatic N) is 3. The Kier molecular flexibility index (Phi) is 3.74. The molecule has 2 aromatic rings. The van der Waals surface area contributed by atoms with Crippen molar-refractivity contribution in [2.24, 2.45) is 7.05 Å². The molecule has 2 heterocycles. The van der Waals surface area contributed by atoms with Gasteiger partial charge < -0.3 is 10.5 Å². The van der Waals surface area contributed by atoms with E-state index in [0.717, 1.165) is 11.3 Å². The third-order valence-corrected chi connectivity index (χ3v) is 3.25. The lowest BCUT2D eigenvalue weighted by Crippen LogP contribution is -2.25. The quantitative estimate of drug-likeness (QED) is 0.912. The molecule has 20 heavy (non-hydrogen) atoms. The minimum atomic E-state index is -0.234. The molecule has 0 bridgehead atoms. The van der Waals surface area contributed by atoms with Gasteiger partial charge in [0.15, 0.2) is 0 Å². The van der Waals surface area contributed by atoms with E-state index in [1.807, 2.05) is 19.9 Å². The molecule has 0 spiro atoms. The molecular weight excluding hydrogens is 256 g/mol. The van der Waals surface area contributed by atoms with Gasteiger partial charge in [-0.1, -0.05) is 6.92 Å². The minimum absolute atomic E-state index is 0.206. The first-order valence-corrected chi connectivity index (χ1v) is 6.37. The third kappa shape index (κ3) is 2.24. The first-order chi connectivity index (χ1) is 9.49. The van der Waals surface area contributed by atoms with Gasteiger partial charge in [-0.15, -0.1) is 0 Å². The zero-order valence-corrected chi connectivity index (χ0v) is 12.1. The summed E-state index contributed by atoms with van der Waals surface area (Å²) in [5, 5.41) is 0. The van der Waals surface area contributed by atoms with Crippen LogP contribution in [0.15, 0.2) is 16.9 Å². The van der Waals surface area contributed by atoms with E-state index < -0.39 is 0 Å². The zero-order valence-electron chi connectivity index (χ0n) is 12.1. The predicted molar refractivity (Wildman–Crippen MR) is 77.8 cm³/mol. The van der Waals surface area contributed by atoms with Crippen molar-refractivity contribution in [1.82, 2.24) is 14.5 Å². The molecule has 106 valence electrons. The lowest BCUT2D eigenvalue weighted by molar-refractivity contribution is 0.397. The molecule has 0 saturated carbocycles. The molecule has 6 nitrogen and oxygen atoms in total. The van der Waals surface area contributed by atoms with Crippen molar-refractivity contribution >= 4 is 5.69 Å². The summed E-state index contributed by atoms with van der Waals surface area (Å²) >= 11 is 0. The van der Waals surface area contributed by atoms with Crippen molar-refractivity contribution in [2.45, 2.75) is 20.3 Å². The number of aromatic nitrogens is 3. The topological polar surface area (TPSA) is 83.0 Å². The van der Waals surface area contributed by atoms with Gasteiger partial charge in [0.05, 0.1) is 18.5 Å². The van der Waals surface area contributed by atoms with Gasteiger partial charge in [-0.25, -0.2) is 9.97 Å². The van der Waals surface area contributed by atoms with Crippen LogP contribution in [0, 0.1) is 6.92 Å². The molecule has 0 amide bonds. The van der Waals surface area contributed by atoms with E-state index in [0.29, 0.717) is 23.8 Å². The first kappa shape index (κ1) is 14.0. The van der Waals surface area contributed by atoms with Crippen molar-refractivity contribution < 1.29 is 4.74 Å². The molecule has 0 atom stereocenters. The third-order valence-electron chi connectivity index (χ3n) is 3.25. The second-order valence-corrected chi connectivity index (χ2v) is 4.50. The van der Waals surface area contributed by atoms with E-state index in [9.17, 15) is 4.79 Å². The summed E-state index contributed by atoms with van der Waals surface area (Å²) < 4.78 is 6.53. The van der Waals surface area contributed by atoms with E-state index in [4.69, 9.17) is 10.5 Å². The molecule has 6 heteroatoms. The second-order valence-electron chi connectivity index (χ2n) is 4.50. The van der Waals surface area contributed by atoms with Crippen LogP contribution in [-0.4, -0.2) is 21.6 Å². The molecule has 0 unspecified atom stereocenters. The number of hydrogen-bond donors (Lipinski definition) is 1. The maximum atomic E-state index is 12.1. The van der Waals surface area contributed by atoms with E-state index in [1.165, 1.54) is 4.57 Å². The highest BCUT2D eigenvalue weighted by Gasteiger charge is 2.14. The summed E-state index contributed by atoms with van der Waals surface area (Å²) in [6.45, 7) is 3.77. The van der Waals surface area contributed by atoms with Crippen molar-refractivity contribution in [2.75, 3.05) is 12.8 Å². The van der Waals surface area contributed by atoms with Crippen molar-refractivity contribution in [3.05, 3.63) is 33.9 Å². The highest BCUT2D eigenvalue weighted by molar-refractivity contribution is 5.61. The van der Waals surface area contributed by atoms with E-state index in [-0.39, 0.29) is 11.2 Å². The van der Waals surface area contributed by atoms with Crippen LogP contribution in [0.3, 0.4) is 0 Å². The lowest BCUT2D eigenvalue weighted by atomic mass is 10.1. The number of nitrogens with two attached hydrogens (primary N) is 1. The van der Waals surface area contributed by atoms with Gasteiger partial charge in [0.2, 0.25) is 5.88 Å². The molecule has 0 saturated heterocycles. The molecule has 0 aliphatic carbocycles. The molecule has 0 aliphatic rings. The molecule has 2 rings (SSSR count). The number of methoxy groups -OCH3 is 1. The number of rotatable bonds is 3. The summed E-state index contributed by atoms with van der Waals surface area (Å²) in [5.41, 5.74) is 7.92. The van der Waals surface area contributed by atoms with Crippen LogP contribution in [0.25, 0.3) is 11.4 Å². The fourth-order valence-electron chi connectivity index (χ4n) is 2.06. The highest BCUT2D eigenvalue weighted by atomic mass is 16.5. The Morgan fingerprint density at radius 1 is 1.35 bits per heavy atom. The number of hydrogen-bond acceptors (Lipinski definition) is 5. The monoisotopic (exact) mass is 274 g/mol. The molecule has 2 aromatic heterocycles. The van der Waals surface area contributed by atoms with Crippen LogP contribution >= 0.6 is 0 Å². The summed E-state index contributed by atoms with van der Waals surface area (Å²) in [6, 6.07) is 3.59. The largest absolute Gasteiger partial charge is 0.481 e. The fraction of sp³-hybridized carbons (Fsp3) is 0.357. The predicted octanol–water partition coefficient (Wildman–Crippen LogP) is 1.30. The SMILES string of the molecule is CCc1nc(-c2ccc(OC)nc2C)n(C)c(=O)c1N. The van der Waals surface area contributed by atoms with Crippen molar-refractivity contribution in [3.63, 3.8) is 0 Å². The van der Waals surface area contributed by atoms with Crippen LogP contribution in [0.1, 0.15) is 18.3 Å². The number of anilines is 1. The Labute approximate surface area is 117 Å². The minimum Gasteiger partial charge on any atom is -0.481 e. The Hall–Kier alpha value is -2.37. The summed E-state index contributed by atoms with van der Waals surface area (Å²) in [7, 11) is 3.22. The molecule has 0 aliphatic heterocycles. The molecule has 0 aromatic carbocycles. The maximum absolute atomic E-state index is 12.1. The maximum Gasteiger partial charge on any atom is 0.276 e. The van der Waals surface area contributed by atoms with Gasteiger partial charge in [-0.3, -0.25) is 9.36 Å². The molecule has 0 fully saturated rings. The molecule has 0 radical (unpaired) electrons. The number of nitrogen functional groups attached to an aromatic ring is 1. The first-order valence-electron chi connectivity index (χ1n) is 6.37. The van der Waals surface area contributed by atoms with Crippen molar-refractivity contribution in [1.29, 1.82) is 0 Å². The average Bonchev–Trinajstić information content (AvgIpc) is 2.46. The van der Waals surface area contributed by atoms with Crippen LogP contribution < -0.4 is 16.0 Å². The van der Waals surface area contributed by atoms with Crippen LogP contribution in [0.2, 0.25) is 0 Å². The number of aryl methyl sites for hydroxylation is 2. The van der Waals surface area contributed by atoms with Crippen LogP contribution in [0.4, 0.5) is 5.69 Å². The standard InChI is InChI=1S/C14H18N4O2/c1-5-10-12(15)14(19)18(3)13(17-10)9-6-7-11(20-4)16-8(9)2/h6-7H,5,15H2,1-4H3. The van der Waals surface area contributed by atoms with Gasteiger partial charge >= 0.3 is 0 Å². The zero-order chi connectivity index (χ0) is 14.9. The van der Waals surface area contributed by atoms with E-state index in [2.05, 4.69) is 9.97 Å². The van der Waals surface area contributed by atoms with Crippen LogP contribution in [0.5, 0.6) is 5.88 Å². The van der Waals surface area contributed by atoms with E-state index >= 15 is 0 Å². The lowest BCUT2D eigenvalue weighted by Gasteiger charge is -2.13. The summed E-state index contributed by atoms with van der Waals surface area (Å²) in [6.07, 6.45) is 0.609. The molecule has 2 N–H and O–H groups in total. The Morgan fingerprint density at radius 3 is 2.60 bits per heavy atom. The van der Waals surface area contributed by atoms with Crippen molar-refractivity contribution in [3.8, 4) is 17.3 Å². The summed E-state index contributed by atoms with van der Waals surface area (Å²) in [5.74, 6) is 1.09. The fourth-order valence-corrected chi connectivity index (χ4v) is 2.06. The second kappa shape index (κ2) is 5.32. The Bertz CT molecular complexity index is 707. The van der Waals surface area contributed by atoms with Crippen LogP contribution in [-0.2, 0) is 13.5 Å². The smallest absolute Gasteiger partial charge is 0.276 e. The Morgan fingerprint density at radius 2 is 2.05 bits per heavy atom. The van der Waals surface area contributed by atoms with Gasteiger partial charge in [-0.05, 0) is 19.4 Å². The van der Waals surface area contributed by atoms with Gasteiger partial charge in [0, 0.05) is 18.7 Å². The normalized spacial score (nSPS) is 10.6. The van der Waals surface area contributed by atoms with Gasteiger partial charge in [0.1, 0.15) is 11.5 Å². The average molecular weight is 274 g/mol. The number of pyridine rings is 1. The van der Waals surface area contributed by atoms with Gasteiger partial charge in [-0.2, -0.15) is 0 Å². The van der Waals surface area contributed by atoms with E-state index in [1.54, 1.807) is 20.2 Å². The van der Waals surface area contributed by atoms with Gasteiger partial charge in [0.25, 0.3) is 5.56 Å². The Balaban J connectivity index is 2.70. The molecular formula is C14H18N4O2. The number of ether oxygens (including phenoxy) is 1. The highest BCUT2D eigenvalue weighted by Crippen LogP contribution is 2.22.